The number of anilines is 2. The van der Waals surface area contributed by atoms with Gasteiger partial charge in [0.05, 0.1) is 17.6 Å². The van der Waals surface area contributed by atoms with Crippen molar-refractivity contribution in [1.29, 1.82) is 0 Å². The molecule has 2 aromatic carbocycles. The van der Waals surface area contributed by atoms with Crippen LogP contribution in [0, 0.1) is 5.82 Å². The van der Waals surface area contributed by atoms with E-state index in [0.717, 1.165) is 12.1 Å². The Kier molecular flexibility index (Phi) is 5.65. The van der Waals surface area contributed by atoms with Gasteiger partial charge in [-0.15, -0.1) is 0 Å². The summed E-state index contributed by atoms with van der Waals surface area (Å²) < 4.78 is 55.1. The van der Waals surface area contributed by atoms with Crippen LogP contribution in [0.4, 0.5) is 29.1 Å². The topological polar surface area (TPSA) is 76.2 Å². The summed E-state index contributed by atoms with van der Waals surface area (Å²) in [6.07, 6.45) is -4.49. The van der Waals surface area contributed by atoms with Crippen molar-refractivity contribution in [3.63, 3.8) is 0 Å². The van der Waals surface area contributed by atoms with Gasteiger partial charge in [-0.25, -0.2) is 9.37 Å². The minimum atomic E-state index is -4.49. The van der Waals surface area contributed by atoms with Gasteiger partial charge < -0.3 is 20.5 Å². The Balaban J connectivity index is 1.85. The van der Waals surface area contributed by atoms with Crippen LogP contribution in [0.1, 0.15) is 25.2 Å². The van der Waals surface area contributed by atoms with Crippen LogP contribution in [0.5, 0.6) is 0 Å². The summed E-state index contributed by atoms with van der Waals surface area (Å²) in [5, 5.41) is 3.08. The third-order valence-electron chi connectivity index (χ3n) is 5.78. The zero-order chi connectivity index (χ0) is 24.0. The van der Waals surface area contributed by atoms with Crippen molar-refractivity contribution >= 4 is 17.4 Å². The van der Waals surface area contributed by atoms with Gasteiger partial charge in [-0.1, -0.05) is 6.07 Å². The van der Waals surface area contributed by atoms with Crippen LogP contribution >= 0.6 is 0 Å². The zero-order valence-electron chi connectivity index (χ0n) is 18.1. The number of amides is 1. The summed E-state index contributed by atoms with van der Waals surface area (Å²) in [5.41, 5.74) is 5.23. The molecule has 3 N–H and O–H groups in total. The summed E-state index contributed by atoms with van der Waals surface area (Å²) in [7, 11) is 0. The SMILES string of the molecule is CC1(C)c2nc(-c3ccc(F)cc3)c(Nc3cccc(C(F)(F)F)c3)n2CCN1C(=O)CN. The normalized spacial score (nSPS) is 15.3. The molecule has 0 fully saturated rings. The van der Waals surface area contributed by atoms with Gasteiger partial charge in [0.15, 0.2) is 0 Å². The molecule has 3 aromatic rings. The first-order valence-electron chi connectivity index (χ1n) is 10.3. The van der Waals surface area contributed by atoms with Crippen LogP contribution in [0.2, 0.25) is 0 Å². The second-order valence-corrected chi connectivity index (χ2v) is 8.30. The molecule has 0 aliphatic carbocycles. The lowest BCUT2D eigenvalue weighted by atomic mass is 9.99. The number of hydrogen-bond donors (Lipinski definition) is 2. The molecular weight excluding hydrogens is 438 g/mol. The van der Waals surface area contributed by atoms with E-state index in [1.807, 2.05) is 18.4 Å². The van der Waals surface area contributed by atoms with Crippen molar-refractivity contribution in [2.75, 3.05) is 18.4 Å². The van der Waals surface area contributed by atoms with Gasteiger partial charge >= 0.3 is 6.18 Å². The quantitative estimate of drug-likeness (QED) is 0.562. The number of nitrogens with one attached hydrogen (secondary N) is 1. The van der Waals surface area contributed by atoms with E-state index in [0.29, 0.717) is 36.0 Å². The van der Waals surface area contributed by atoms with Gasteiger partial charge in [-0.3, -0.25) is 4.79 Å². The zero-order valence-corrected chi connectivity index (χ0v) is 18.1. The van der Waals surface area contributed by atoms with Crippen molar-refractivity contribution in [2.45, 2.75) is 32.1 Å². The molecule has 0 saturated carbocycles. The second-order valence-electron chi connectivity index (χ2n) is 8.30. The number of halogens is 4. The fourth-order valence-corrected chi connectivity index (χ4v) is 4.13. The number of nitrogens with two attached hydrogens (primary N) is 1. The number of fused-ring (bicyclic) bond motifs is 1. The van der Waals surface area contributed by atoms with E-state index in [9.17, 15) is 22.4 Å². The average molecular weight is 461 g/mol. The Labute approximate surface area is 188 Å². The molecule has 10 heteroatoms. The number of carbonyl (C=O) groups excluding carboxylic acids is 1. The van der Waals surface area contributed by atoms with Crippen molar-refractivity contribution in [3.05, 3.63) is 65.7 Å². The Hall–Kier alpha value is -3.40. The molecule has 6 nitrogen and oxygen atoms in total. The molecule has 0 saturated heterocycles. The molecule has 0 spiro atoms. The monoisotopic (exact) mass is 461 g/mol. The van der Waals surface area contributed by atoms with Crippen molar-refractivity contribution in [2.24, 2.45) is 5.73 Å². The molecule has 2 heterocycles. The van der Waals surface area contributed by atoms with Crippen LogP contribution in [-0.4, -0.2) is 33.4 Å². The maximum absolute atomic E-state index is 13.5. The molecule has 0 atom stereocenters. The highest BCUT2D eigenvalue weighted by atomic mass is 19.4. The van der Waals surface area contributed by atoms with Gasteiger partial charge in [-0.05, 0) is 56.3 Å². The number of imidazole rings is 1. The first-order valence-corrected chi connectivity index (χ1v) is 10.3. The van der Waals surface area contributed by atoms with E-state index in [-0.39, 0.29) is 18.1 Å². The summed E-state index contributed by atoms with van der Waals surface area (Å²) in [6.45, 7) is 4.24. The van der Waals surface area contributed by atoms with Crippen molar-refractivity contribution in [1.82, 2.24) is 14.5 Å². The number of carbonyl (C=O) groups is 1. The molecule has 1 aliphatic heterocycles. The number of aromatic nitrogens is 2. The highest BCUT2D eigenvalue weighted by Crippen LogP contribution is 2.40. The van der Waals surface area contributed by atoms with Gasteiger partial charge in [0, 0.05) is 24.3 Å². The summed E-state index contributed by atoms with van der Waals surface area (Å²) in [5.74, 6) is 0.355. The van der Waals surface area contributed by atoms with Crippen LogP contribution in [0.25, 0.3) is 11.3 Å². The molecule has 0 bridgehead atoms. The number of alkyl halides is 3. The Morgan fingerprint density at radius 1 is 1.15 bits per heavy atom. The average Bonchev–Trinajstić information content (AvgIpc) is 3.13. The third kappa shape index (κ3) is 4.18. The molecule has 1 aromatic heterocycles. The lowest BCUT2D eigenvalue weighted by molar-refractivity contribution is -0.138. The first-order chi connectivity index (χ1) is 15.5. The molecule has 1 aliphatic rings. The largest absolute Gasteiger partial charge is 0.416 e. The van der Waals surface area contributed by atoms with Gasteiger partial charge in [-0.2, -0.15) is 13.2 Å². The molecular formula is C23H23F4N5O. The van der Waals surface area contributed by atoms with Gasteiger partial charge in [0.1, 0.15) is 23.2 Å². The Bertz CT molecular complexity index is 1180. The fraction of sp³-hybridized carbons (Fsp3) is 0.304. The molecule has 4 rings (SSSR count). The summed E-state index contributed by atoms with van der Waals surface area (Å²) in [4.78, 5) is 18.8. The van der Waals surface area contributed by atoms with E-state index >= 15 is 0 Å². The Morgan fingerprint density at radius 2 is 1.85 bits per heavy atom. The van der Waals surface area contributed by atoms with E-state index in [1.165, 1.54) is 24.3 Å². The summed E-state index contributed by atoms with van der Waals surface area (Å²) >= 11 is 0. The molecule has 0 unspecified atom stereocenters. The lowest BCUT2D eigenvalue weighted by Gasteiger charge is -2.42. The Morgan fingerprint density at radius 3 is 2.48 bits per heavy atom. The third-order valence-corrected chi connectivity index (χ3v) is 5.78. The van der Waals surface area contributed by atoms with Crippen molar-refractivity contribution < 1.29 is 22.4 Å². The lowest BCUT2D eigenvalue weighted by Crippen LogP contribution is -2.53. The standard InChI is InChI=1S/C23H23F4N5O/c1-22(2)21-30-19(14-6-8-16(24)9-7-14)20(31(21)10-11-32(22)18(33)13-28)29-17-5-3-4-15(12-17)23(25,26)27/h3-9,12,29H,10-11,13,28H2,1-2H3. The minimum Gasteiger partial charge on any atom is -0.340 e. The van der Waals surface area contributed by atoms with Crippen LogP contribution < -0.4 is 11.1 Å². The van der Waals surface area contributed by atoms with Crippen LogP contribution in [0.3, 0.4) is 0 Å². The maximum atomic E-state index is 13.5. The first kappa shape index (κ1) is 22.8. The predicted molar refractivity (Wildman–Crippen MR) is 116 cm³/mol. The minimum absolute atomic E-state index is 0.149. The number of rotatable bonds is 4. The highest BCUT2D eigenvalue weighted by Gasteiger charge is 2.41. The number of nitrogens with zero attached hydrogens (tertiary/aromatic N) is 3. The van der Waals surface area contributed by atoms with Gasteiger partial charge in [0.25, 0.3) is 0 Å². The maximum Gasteiger partial charge on any atom is 0.416 e. The fourth-order valence-electron chi connectivity index (χ4n) is 4.13. The molecule has 174 valence electrons. The van der Waals surface area contributed by atoms with E-state index in [2.05, 4.69) is 5.32 Å². The smallest absolute Gasteiger partial charge is 0.340 e. The summed E-state index contributed by atoms with van der Waals surface area (Å²) in [6, 6.07) is 10.6. The van der Waals surface area contributed by atoms with Crippen molar-refractivity contribution in [3.8, 4) is 11.3 Å². The predicted octanol–water partition coefficient (Wildman–Crippen LogP) is 4.49. The molecule has 33 heavy (non-hydrogen) atoms. The van der Waals surface area contributed by atoms with E-state index < -0.39 is 23.1 Å². The second kappa shape index (κ2) is 8.18. The highest BCUT2D eigenvalue weighted by molar-refractivity contribution is 5.80. The van der Waals surface area contributed by atoms with Gasteiger partial charge in [0.2, 0.25) is 5.91 Å². The van der Waals surface area contributed by atoms with E-state index in [4.69, 9.17) is 10.7 Å². The molecule has 1 amide bonds. The number of benzene rings is 2. The van der Waals surface area contributed by atoms with E-state index in [1.54, 1.807) is 17.0 Å². The van der Waals surface area contributed by atoms with Crippen LogP contribution in [-0.2, 0) is 23.1 Å². The molecule has 0 radical (unpaired) electrons. The number of hydrogen-bond acceptors (Lipinski definition) is 4. The van der Waals surface area contributed by atoms with Crippen LogP contribution in [0.15, 0.2) is 48.5 Å².